The second-order valence-corrected chi connectivity index (χ2v) is 5.84. The van der Waals surface area contributed by atoms with Gasteiger partial charge in [-0.15, -0.1) is 5.10 Å². The molecule has 2 atom stereocenters. The number of nitriles is 1. The summed E-state index contributed by atoms with van der Waals surface area (Å²) >= 11 is 0. The largest absolute Gasteiger partial charge is 0.351 e. The molecule has 1 N–H and O–H groups in total. The zero-order valence-corrected chi connectivity index (χ0v) is 11.9. The second-order valence-electron chi connectivity index (χ2n) is 5.84. The number of piperidine rings is 1. The minimum absolute atomic E-state index is 0.484. The summed E-state index contributed by atoms with van der Waals surface area (Å²) in [6, 6.07) is 5.78. The monoisotopic (exact) mass is 271 g/mol. The van der Waals surface area contributed by atoms with E-state index in [-0.39, 0.29) is 0 Å². The van der Waals surface area contributed by atoms with Crippen LogP contribution < -0.4 is 10.2 Å². The molecule has 0 aliphatic carbocycles. The molecule has 2 bridgehead atoms. The highest BCUT2D eigenvalue weighted by molar-refractivity contribution is 5.53. The third kappa shape index (κ3) is 2.48. The fourth-order valence-electron chi connectivity index (χ4n) is 3.61. The van der Waals surface area contributed by atoms with Crippen LogP contribution in [-0.2, 0) is 0 Å². The number of rotatable bonds is 4. The highest BCUT2D eigenvalue weighted by Gasteiger charge is 2.36. The van der Waals surface area contributed by atoms with Gasteiger partial charge in [-0.1, -0.05) is 6.92 Å². The van der Waals surface area contributed by atoms with Crippen LogP contribution in [0.15, 0.2) is 12.3 Å². The van der Waals surface area contributed by atoms with E-state index < -0.39 is 0 Å². The molecular formula is C15H21N5. The first-order chi connectivity index (χ1) is 9.81. The number of aromatic nitrogens is 2. The Morgan fingerprint density at radius 1 is 1.40 bits per heavy atom. The summed E-state index contributed by atoms with van der Waals surface area (Å²) in [7, 11) is 0. The number of nitrogens with one attached hydrogen (secondary N) is 1. The molecule has 1 aromatic rings. The lowest BCUT2D eigenvalue weighted by atomic mass is 9.97. The maximum atomic E-state index is 9.29. The van der Waals surface area contributed by atoms with E-state index in [9.17, 15) is 5.26 Å². The molecular weight excluding hydrogens is 250 g/mol. The van der Waals surface area contributed by atoms with Gasteiger partial charge in [0, 0.05) is 24.7 Å². The summed E-state index contributed by atoms with van der Waals surface area (Å²) in [5.74, 6) is 0.767. The van der Waals surface area contributed by atoms with Crippen molar-refractivity contribution in [1.29, 1.82) is 5.26 Å². The van der Waals surface area contributed by atoms with Gasteiger partial charge >= 0.3 is 0 Å². The zero-order valence-electron chi connectivity index (χ0n) is 11.9. The van der Waals surface area contributed by atoms with Crippen molar-refractivity contribution in [3.8, 4) is 6.07 Å². The van der Waals surface area contributed by atoms with Crippen molar-refractivity contribution < 1.29 is 0 Å². The fourth-order valence-corrected chi connectivity index (χ4v) is 3.61. The van der Waals surface area contributed by atoms with E-state index in [1.807, 2.05) is 0 Å². The molecule has 2 fully saturated rings. The molecule has 2 aliphatic heterocycles. The minimum Gasteiger partial charge on any atom is -0.351 e. The average molecular weight is 271 g/mol. The van der Waals surface area contributed by atoms with Crippen LogP contribution in [0.25, 0.3) is 0 Å². The van der Waals surface area contributed by atoms with Crippen molar-refractivity contribution in [3.63, 3.8) is 0 Å². The SMILES string of the molecule is CCCN(c1nnccc1C#N)C1CC2CCC(C1)N2. The zero-order chi connectivity index (χ0) is 13.9. The van der Waals surface area contributed by atoms with Gasteiger partial charge in [0.2, 0.25) is 0 Å². The molecule has 0 spiro atoms. The molecule has 0 amide bonds. The van der Waals surface area contributed by atoms with Gasteiger partial charge in [-0.3, -0.25) is 0 Å². The number of hydrogen-bond donors (Lipinski definition) is 1. The van der Waals surface area contributed by atoms with Crippen molar-refractivity contribution in [1.82, 2.24) is 15.5 Å². The highest BCUT2D eigenvalue weighted by atomic mass is 15.3. The van der Waals surface area contributed by atoms with Crippen LogP contribution in [0.2, 0.25) is 0 Å². The Bertz CT molecular complexity index is 497. The minimum atomic E-state index is 0.484. The van der Waals surface area contributed by atoms with Gasteiger partial charge in [-0.05, 0) is 38.2 Å². The topological polar surface area (TPSA) is 64.8 Å². The van der Waals surface area contributed by atoms with Gasteiger partial charge in [0.15, 0.2) is 5.82 Å². The number of fused-ring (bicyclic) bond motifs is 2. The molecule has 20 heavy (non-hydrogen) atoms. The maximum absolute atomic E-state index is 9.29. The van der Waals surface area contributed by atoms with Gasteiger partial charge in [0.05, 0.1) is 11.8 Å². The van der Waals surface area contributed by atoms with E-state index in [1.54, 1.807) is 12.3 Å². The Kier molecular flexibility index (Phi) is 3.83. The number of anilines is 1. The number of hydrogen-bond acceptors (Lipinski definition) is 5. The third-order valence-electron chi connectivity index (χ3n) is 4.45. The normalized spacial score (nSPS) is 28.1. The summed E-state index contributed by atoms with van der Waals surface area (Å²) in [6.45, 7) is 3.11. The summed E-state index contributed by atoms with van der Waals surface area (Å²) in [5.41, 5.74) is 0.638. The van der Waals surface area contributed by atoms with Crippen LogP contribution in [0, 0.1) is 11.3 Å². The summed E-state index contributed by atoms with van der Waals surface area (Å²) in [6.07, 6.45) is 7.52. The van der Waals surface area contributed by atoms with Crippen molar-refractivity contribution in [2.75, 3.05) is 11.4 Å². The van der Waals surface area contributed by atoms with E-state index in [4.69, 9.17) is 0 Å². The molecule has 1 aromatic heterocycles. The number of nitrogens with zero attached hydrogens (tertiary/aromatic N) is 4. The van der Waals surface area contributed by atoms with Gasteiger partial charge in [0.25, 0.3) is 0 Å². The van der Waals surface area contributed by atoms with Crippen molar-refractivity contribution in [2.45, 2.75) is 57.2 Å². The Balaban J connectivity index is 1.87. The van der Waals surface area contributed by atoms with Crippen LogP contribution >= 0.6 is 0 Å². The summed E-state index contributed by atoms with van der Waals surface area (Å²) in [4.78, 5) is 2.32. The van der Waals surface area contributed by atoms with Gasteiger partial charge in [-0.25, -0.2) is 0 Å². The lowest BCUT2D eigenvalue weighted by molar-refractivity contribution is 0.345. The van der Waals surface area contributed by atoms with Crippen molar-refractivity contribution in [2.24, 2.45) is 0 Å². The first kappa shape index (κ1) is 13.3. The summed E-state index contributed by atoms with van der Waals surface area (Å²) in [5, 5.41) is 21.2. The first-order valence-corrected chi connectivity index (χ1v) is 7.56. The predicted molar refractivity (Wildman–Crippen MR) is 77.4 cm³/mol. The van der Waals surface area contributed by atoms with Crippen LogP contribution in [0.5, 0.6) is 0 Å². The van der Waals surface area contributed by atoms with E-state index >= 15 is 0 Å². The quantitative estimate of drug-likeness (QED) is 0.905. The van der Waals surface area contributed by atoms with Crippen LogP contribution in [0.4, 0.5) is 5.82 Å². The van der Waals surface area contributed by atoms with E-state index in [1.165, 1.54) is 12.8 Å². The van der Waals surface area contributed by atoms with E-state index in [2.05, 4.69) is 33.4 Å². The lowest BCUT2D eigenvalue weighted by Crippen LogP contribution is -2.49. The molecule has 2 saturated heterocycles. The van der Waals surface area contributed by atoms with Crippen molar-refractivity contribution >= 4 is 5.82 Å². The molecule has 0 saturated carbocycles. The first-order valence-electron chi connectivity index (χ1n) is 7.56. The summed E-state index contributed by atoms with van der Waals surface area (Å²) < 4.78 is 0. The second kappa shape index (κ2) is 5.76. The Morgan fingerprint density at radius 3 is 2.80 bits per heavy atom. The fraction of sp³-hybridized carbons (Fsp3) is 0.667. The smallest absolute Gasteiger partial charge is 0.169 e. The molecule has 0 radical (unpaired) electrons. The van der Waals surface area contributed by atoms with Gasteiger partial charge in [-0.2, -0.15) is 10.4 Å². The van der Waals surface area contributed by atoms with Crippen LogP contribution in [-0.4, -0.2) is 34.9 Å². The Morgan fingerprint density at radius 2 is 2.15 bits per heavy atom. The van der Waals surface area contributed by atoms with E-state index in [0.717, 1.165) is 31.6 Å². The standard InChI is InChI=1S/C15H21N5/c1-2-7-20(15-11(10-16)5-6-17-19-15)14-8-12-3-4-13(9-14)18-12/h5-6,12-14,18H,2-4,7-9H2,1H3. The van der Waals surface area contributed by atoms with Crippen LogP contribution in [0.3, 0.4) is 0 Å². The molecule has 5 nitrogen and oxygen atoms in total. The maximum Gasteiger partial charge on any atom is 0.169 e. The van der Waals surface area contributed by atoms with Crippen LogP contribution in [0.1, 0.15) is 44.6 Å². The lowest BCUT2D eigenvalue weighted by Gasteiger charge is -2.38. The molecule has 3 rings (SSSR count). The van der Waals surface area contributed by atoms with Crippen molar-refractivity contribution in [3.05, 3.63) is 17.8 Å². The molecule has 2 unspecified atom stereocenters. The molecule has 2 aliphatic rings. The molecule has 3 heterocycles. The average Bonchev–Trinajstić information content (AvgIpc) is 2.83. The molecule has 5 heteroatoms. The van der Waals surface area contributed by atoms with Gasteiger partial charge in [0.1, 0.15) is 6.07 Å². The Hall–Kier alpha value is -1.67. The Labute approximate surface area is 120 Å². The highest BCUT2D eigenvalue weighted by Crippen LogP contribution is 2.32. The van der Waals surface area contributed by atoms with E-state index in [0.29, 0.717) is 23.7 Å². The van der Waals surface area contributed by atoms with Gasteiger partial charge < -0.3 is 10.2 Å². The molecule has 106 valence electrons. The third-order valence-corrected chi connectivity index (χ3v) is 4.45. The predicted octanol–water partition coefficient (Wildman–Crippen LogP) is 1.85. The molecule has 0 aromatic carbocycles.